The van der Waals surface area contributed by atoms with Gasteiger partial charge in [0.05, 0.1) is 12.2 Å². The number of hydrogen-bond donors (Lipinski definition) is 1. The Labute approximate surface area is 161 Å². The van der Waals surface area contributed by atoms with Crippen molar-refractivity contribution in [3.8, 4) is 11.3 Å². The van der Waals surface area contributed by atoms with Crippen molar-refractivity contribution in [1.29, 1.82) is 0 Å². The fraction of sp³-hybridized carbons (Fsp3) is 0.348. The first kappa shape index (κ1) is 18.0. The first-order valence-corrected chi connectivity index (χ1v) is 9.73. The highest BCUT2D eigenvalue weighted by Crippen LogP contribution is 2.31. The van der Waals surface area contributed by atoms with Crippen LogP contribution < -0.4 is 5.73 Å². The average molecular weight is 361 g/mol. The van der Waals surface area contributed by atoms with Crippen LogP contribution in [0.5, 0.6) is 0 Å². The number of hydrogen-bond acceptors (Lipinski definition) is 3. The van der Waals surface area contributed by atoms with Gasteiger partial charge in [-0.1, -0.05) is 67.6 Å². The van der Waals surface area contributed by atoms with Crippen LogP contribution in [0.2, 0.25) is 0 Å². The van der Waals surface area contributed by atoms with Gasteiger partial charge in [-0.25, -0.2) is 0 Å². The first-order chi connectivity index (χ1) is 13.1. The van der Waals surface area contributed by atoms with Gasteiger partial charge >= 0.3 is 0 Å². The Kier molecular flexibility index (Phi) is 5.10. The highest BCUT2D eigenvalue weighted by molar-refractivity contribution is 5.62. The van der Waals surface area contributed by atoms with E-state index in [9.17, 15) is 0 Å². The third-order valence-electron chi connectivity index (χ3n) is 5.60. The standard InChI is InChI=1S/C23H28N4/c1-23(17-24)12-13-26(18-23)15-21-16-27(14-19-8-4-2-5-9-19)25-22(21)20-10-6-3-7-11-20/h2-11,16H,12-15,17-18,24H2,1H3. The highest BCUT2D eigenvalue weighted by atomic mass is 15.3. The largest absolute Gasteiger partial charge is 0.330 e. The lowest BCUT2D eigenvalue weighted by molar-refractivity contribution is 0.274. The molecular formula is C23H28N4. The molecule has 1 unspecified atom stereocenters. The van der Waals surface area contributed by atoms with Crippen molar-refractivity contribution in [2.45, 2.75) is 26.4 Å². The van der Waals surface area contributed by atoms with Crippen LogP contribution in [-0.4, -0.2) is 34.3 Å². The zero-order valence-corrected chi connectivity index (χ0v) is 16.0. The molecule has 0 bridgehead atoms. The summed E-state index contributed by atoms with van der Waals surface area (Å²) in [6.45, 7) is 6.93. The van der Waals surface area contributed by atoms with E-state index in [-0.39, 0.29) is 5.41 Å². The van der Waals surface area contributed by atoms with Crippen molar-refractivity contribution in [2.24, 2.45) is 11.1 Å². The normalized spacial score (nSPS) is 20.2. The fourth-order valence-corrected chi connectivity index (χ4v) is 3.94. The number of aromatic nitrogens is 2. The van der Waals surface area contributed by atoms with E-state index in [1.54, 1.807) is 0 Å². The van der Waals surface area contributed by atoms with Crippen LogP contribution in [0.1, 0.15) is 24.5 Å². The van der Waals surface area contributed by atoms with Gasteiger partial charge in [0.2, 0.25) is 0 Å². The van der Waals surface area contributed by atoms with Crippen molar-refractivity contribution in [3.63, 3.8) is 0 Å². The van der Waals surface area contributed by atoms with E-state index < -0.39 is 0 Å². The van der Waals surface area contributed by atoms with Crippen LogP contribution in [0, 0.1) is 5.41 Å². The molecule has 4 nitrogen and oxygen atoms in total. The minimum absolute atomic E-state index is 0.243. The van der Waals surface area contributed by atoms with Crippen LogP contribution in [0.15, 0.2) is 66.9 Å². The first-order valence-electron chi connectivity index (χ1n) is 9.73. The summed E-state index contributed by atoms with van der Waals surface area (Å²) >= 11 is 0. The molecule has 140 valence electrons. The molecule has 4 heteroatoms. The van der Waals surface area contributed by atoms with E-state index in [4.69, 9.17) is 10.8 Å². The Morgan fingerprint density at radius 2 is 1.70 bits per heavy atom. The van der Waals surface area contributed by atoms with Gasteiger partial charge in [-0.3, -0.25) is 9.58 Å². The average Bonchev–Trinajstić information content (AvgIpc) is 3.27. The summed E-state index contributed by atoms with van der Waals surface area (Å²) in [7, 11) is 0. The maximum atomic E-state index is 5.99. The van der Waals surface area contributed by atoms with Gasteiger partial charge in [0.15, 0.2) is 0 Å². The van der Waals surface area contributed by atoms with Gasteiger partial charge in [-0.15, -0.1) is 0 Å². The van der Waals surface area contributed by atoms with Gasteiger partial charge < -0.3 is 5.73 Å². The molecule has 0 radical (unpaired) electrons. The van der Waals surface area contributed by atoms with E-state index in [0.717, 1.165) is 38.4 Å². The molecule has 27 heavy (non-hydrogen) atoms. The molecule has 4 rings (SSSR count). The lowest BCUT2D eigenvalue weighted by Gasteiger charge is -2.22. The molecule has 1 saturated heterocycles. The number of nitrogens with two attached hydrogens (primary N) is 1. The molecule has 3 aromatic rings. The van der Waals surface area contributed by atoms with Crippen molar-refractivity contribution in [3.05, 3.63) is 78.0 Å². The molecular weight excluding hydrogens is 332 g/mol. The van der Waals surface area contributed by atoms with Crippen LogP contribution in [0.4, 0.5) is 0 Å². The maximum Gasteiger partial charge on any atom is 0.0968 e. The molecule has 0 amide bonds. The van der Waals surface area contributed by atoms with Crippen LogP contribution in [0.25, 0.3) is 11.3 Å². The Bertz CT molecular complexity index is 872. The maximum absolute atomic E-state index is 5.99. The molecule has 0 saturated carbocycles. The van der Waals surface area contributed by atoms with E-state index >= 15 is 0 Å². The third kappa shape index (κ3) is 4.12. The molecule has 2 heterocycles. The lowest BCUT2D eigenvalue weighted by Crippen LogP contribution is -2.31. The minimum Gasteiger partial charge on any atom is -0.330 e. The Morgan fingerprint density at radius 3 is 2.37 bits per heavy atom. The molecule has 1 aliphatic rings. The zero-order valence-electron chi connectivity index (χ0n) is 16.0. The number of likely N-dealkylation sites (tertiary alicyclic amines) is 1. The SMILES string of the molecule is CC1(CN)CCN(Cc2cn(Cc3ccccc3)nc2-c2ccccc2)C1. The number of benzene rings is 2. The van der Waals surface area contributed by atoms with E-state index in [1.165, 1.54) is 23.1 Å². The van der Waals surface area contributed by atoms with Crippen molar-refractivity contribution in [2.75, 3.05) is 19.6 Å². The predicted octanol–water partition coefficient (Wildman–Crippen LogP) is 3.77. The summed E-state index contributed by atoms with van der Waals surface area (Å²) in [5.41, 5.74) is 11.1. The second kappa shape index (κ2) is 7.67. The van der Waals surface area contributed by atoms with Crippen LogP contribution in [0.3, 0.4) is 0 Å². The summed E-state index contributed by atoms with van der Waals surface area (Å²) in [4.78, 5) is 2.52. The second-order valence-corrected chi connectivity index (χ2v) is 8.03. The molecule has 0 spiro atoms. The van der Waals surface area contributed by atoms with Gasteiger partial charge in [-0.2, -0.15) is 5.10 Å². The summed E-state index contributed by atoms with van der Waals surface area (Å²) in [5.74, 6) is 0. The minimum atomic E-state index is 0.243. The van der Waals surface area contributed by atoms with Crippen molar-refractivity contribution >= 4 is 0 Å². The highest BCUT2D eigenvalue weighted by Gasteiger charge is 2.32. The Balaban J connectivity index is 1.61. The Morgan fingerprint density at radius 1 is 1.00 bits per heavy atom. The predicted molar refractivity (Wildman–Crippen MR) is 110 cm³/mol. The molecule has 2 aromatic carbocycles. The van der Waals surface area contributed by atoms with Crippen molar-refractivity contribution < 1.29 is 0 Å². The molecule has 1 aromatic heterocycles. The fourth-order valence-electron chi connectivity index (χ4n) is 3.94. The Hall–Kier alpha value is -2.43. The van der Waals surface area contributed by atoms with E-state index in [1.807, 2.05) is 0 Å². The topological polar surface area (TPSA) is 47.1 Å². The third-order valence-corrected chi connectivity index (χ3v) is 5.60. The van der Waals surface area contributed by atoms with E-state index in [0.29, 0.717) is 0 Å². The van der Waals surface area contributed by atoms with Gasteiger partial charge in [0, 0.05) is 30.4 Å². The molecule has 0 aliphatic carbocycles. The summed E-state index contributed by atoms with van der Waals surface area (Å²) in [6.07, 6.45) is 3.38. The van der Waals surface area contributed by atoms with Gasteiger partial charge in [0.25, 0.3) is 0 Å². The number of nitrogens with zero attached hydrogens (tertiary/aromatic N) is 3. The van der Waals surface area contributed by atoms with Gasteiger partial charge in [0.1, 0.15) is 0 Å². The lowest BCUT2D eigenvalue weighted by atomic mass is 9.90. The zero-order chi connectivity index (χ0) is 18.7. The van der Waals surface area contributed by atoms with Crippen molar-refractivity contribution in [1.82, 2.24) is 14.7 Å². The molecule has 1 atom stereocenters. The molecule has 1 aliphatic heterocycles. The molecule has 1 fully saturated rings. The summed E-state index contributed by atoms with van der Waals surface area (Å²) in [5, 5.41) is 4.94. The summed E-state index contributed by atoms with van der Waals surface area (Å²) in [6, 6.07) is 21.0. The van der Waals surface area contributed by atoms with Gasteiger partial charge in [-0.05, 0) is 30.5 Å². The van der Waals surface area contributed by atoms with E-state index in [2.05, 4.69) is 83.4 Å². The van der Waals surface area contributed by atoms with Crippen LogP contribution >= 0.6 is 0 Å². The van der Waals surface area contributed by atoms with Crippen LogP contribution in [-0.2, 0) is 13.1 Å². The monoisotopic (exact) mass is 360 g/mol. The number of rotatable bonds is 6. The smallest absolute Gasteiger partial charge is 0.0968 e. The quantitative estimate of drug-likeness (QED) is 0.728. The molecule has 2 N–H and O–H groups in total. The summed E-state index contributed by atoms with van der Waals surface area (Å²) < 4.78 is 2.07. The second-order valence-electron chi connectivity index (χ2n) is 8.03.